The molecule has 1 aromatic rings. The third-order valence-electron chi connectivity index (χ3n) is 3.82. The average Bonchev–Trinajstić information content (AvgIpc) is 2.87. The topological polar surface area (TPSA) is 29.1 Å². The van der Waals surface area contributed by atoms with Gasteiger partial charge in [0.15, 0.2) is 0 Å². The molecule has 2 rings (SSSR count). The first-order chi connectivity index (χ1) is 8.70. The van der Waals surface area contributed by atoms with Gasteiger partial charge in [-0.1, -0.05) is 38.0 Å². The van der Waals surface area contributed by atoms with Gasteiger partial charge in [-0.3, -0.25) is 4.79 Å². The maximum atomic E-state index is 14.0. The highest BCUT2D eigenvalue weighted by Crippen LogP contribution is 2.42. The first kappa shape index (κ1) is 13.1. The molecule has 0 saturated heterocycles. The smallest absolute Gasteiger partial charge is 0.230 e. The lowest BCUT2D eigenvalue weighted by atomic mass is 9.77. The number of carbonyl (C=O) groups is 1. The molecule has 0 unspecified atom stereocenters. The Hall–Kier alpha value is -1.38. The van der Waals surface area contributed by atoms with Crippen LogP contribution < -0.4 is 5.32 Å². The van der Waals surface area contributed by atoms with E-state index >= 15 is 0 Å². The van der Waals surface area contributed by atoms with Crippen molar-refractivity contribution in [2.24, 2.45) is 0 Å². The number of amides is 1. The van der Waals surface area contributed by atoms with Crippen LogP contribution in [0.3, 0.4) is 0 Å². The summed E-state index contributed by atoms with van der Waals surface area (Å²) in [6, 6.07) is 6.69. The summed E-state index contributed by atoms with van der Waals surface area (Å²) >= 11 is 0. The van der Waals surface area contributed by atoms with Gasteiger partial charge in [-0.2, -0.15) is 0 Å². The molecule has 1 aliphatic rings. The lowest BCUT2D eigenvalue weighted by Crippen LogP contribution is -2.43. The minimum Gasteiger partial charge on any atom is -0.355 e. The molecule has 1 N–H and O–H groups in total. The molecule has 3 heteroatoms. The summed E-state index contributed by atoms with van der Waals surface area (Å²) in [6.07, 6.45) is 4.40. The van der Waals surface area contributed by atoms with Crippen molar-refractivity contribution in [3.63, 3.8) is 0 Å². The zero-order valence-corrected chi connectivity index (χ0v) is 10.8. The van der Waals surface area contributed by atoms with Crippen LogP contribution in [0.1, 0.15) is 44.6 Å². The van der Waals surface area contributed by atoms with E-state index in [1.165, 1.54) is 6.07 Å². The van der Waals surface area contributed by atoms with E-state index in [1.54, 1.807) is 12.1 Å². The summed E-state index contributed by atoms with van der Waals surface area (Å²) in [5, 5.41) is 2.94. The summed E-state index contributed by atoms with van der Waals surface area (Å²) in [7, 11) is 0. The lowest BCUT2D eigenvalue weighted by Gasteiger charge is -2.28. The molecule has 1 aliphatic carbocycles. The lowest BCUT2D eigenvalue weighted by molar-refractivity contribution is -0.126. The monoisotopic (exact) mass is 249 g/mol. The maximum Gasteiger partial charge on any atom is 0.230 e. The number of nitrogens with one attached hydrogen (secondary N) is 1. The van der Waals surface area contributed by atoms with E-state index in [0.717, 1.165) is 32.1 Å². The molecule has 1 fully saturated rings. The van der Waals surface area contributed by atoms with Gasteiger partial charge in [0, 0.05) is 12.1 Å². The van der Waals surface area contributed by atoms with Crippen LogP contribution in [0.4, 0.5) is 4.39 Å². The fourth-order valence-corrected chi connectivity index (χ4v) is 2.85. The van der Waals surface area contributed by atoms with Crippen LogP contribution in [-0.4, -0.2) is 12.5 Å². The van der Waals surface area contributed by atoms with Gasteiger partial charge in [0.05, 0.1) is 5.41 Å². The molecule has 0 spiro atoms. The third kappa shape index (κ3) is 2.26. The second-order valence-electron chi connectivity index (χ2n) is 5.02. The highest BCUT2D eigenvalue weighted by molar-refractivity contribution is 5.88. The van der Waals surface area contributed by atoms with Gasteiger partial charge < -0.3 is 5.32 Å². The van der Waals surface area contributed by atoms with Crippen molar-refractivity contribution in [2.75, 3.05) is 6.54 Å². The molecule has 1 amide bonds. The normalized spacial score (nSPS) is 17.7. The van der Waals surface area contributed by atoms with E-state index in [0.29, 0.717) is 12.1 Å². The summed E-state index contributed by atoms with van der Waals surface area (Å²) < 4.78 is 14.0. The Bertz CT molecular complexity index is 424. The van der Waals surface area contributed by atoms with Crippen molar-refractivity contribution in [3.05, 3.63) is 35.6 Å². The zero-order valence-electron chi connectivity index (χ0n) is 10.8. The molecule has 1 aromatic carbocycles. The summed E-state index contributed by atoms with van der Waals surface area (Å²) in [5.41, 5.74) is -0.0725. The molecule has 0 radical (unpaired) electrons. The largest absolute Gasteiger partial charge is 0.355 e. The Morgan fingerprint density at radius 2 is 2.00 bits per heavy atom. The van der Waals surface area contributed by atoms with Crippen LogP contribution in [0.15, 0.2) is 24.3 Å². The summed E-state index contributed by atoms with van der Waals surface area (Å²) in [4.78, 5) is 12.4. The predicted octanol–water partition coefficient (Wildman–Crippen LogP) is 3.16. The van der Waals surface area contributed by atoms with Crippen molar-refractivity contribution in [1.29, 1.82) is 0 Å². The van der Waals surface area contributed by atoms with Crippen LogP contribution in [0.25, 0.3) is 0 Å². The number of benzene rings is 1. The van der Waals surface area contributed by atoms with Gasteiger partial charge >= 0.3 is 0 Å². The number of halogens is 1. The van der Waals surface area contributed by atoms with Gasteiger partial charge in [0.2, 0.25) is 5.91 Å². The van der Waals surface area contributed by atoms with Crippen molar-refractivity contribution in [3.8, 4) is 0 Å². The molecule has 1 saturated carbocycles. The molecule has 18 heavy (non-hydrogen) atoms. The van der Waals surface area contributed by atoms with E-state index in [9.17, 15) is 9.18 Å². The predicted molar refractivity (Wildman–Crippen MR) is 69.8 cm³/mol. The second-order valence-corrected chi connectivity index (χ2v) is 5.02. The highest BCUT2D eigenvalue weighted by atomic mass is 19.1. The quantitative estimate of drug-likeness (QED) is 0.872. The van der Waals surface area contributed by atoms with Crippen molar-refractivity contribution < 1.29 is 9.18 Å². The Balaban J connectivity index is 2.33. The minimum atomic E-state index is -0.638. The van der Waals surface area contributed by atoms with Crippen LogP contribution in [0.5, 0.6) is 0 Å². The third-order valence-corrected chi connectivity index (χ3v) is 3.82. The Morgan fingerprint density at radius 1 is 1.33 bits per heavy atom. The fourth-order valence-electron chi connectivity index (χ4n) is 2.85. The number of hydrogen-bond donors (Lipinski definition) is 1. The molecular weight excluding hydrogens is 229 g/mol. The van der Waals surface area contributed by atoms with E-state index in [1.807, 2.05) is 13.0 Å². The van der Waals surface area contributed by atoms with Crippen LogP contribution in [-0.2, 0) is 10.2 Å². The van der Waals surface area contributed by atoms with E-state index in [2.05, 4.69) is 5.32 Å². The van der Waals surface area contributed by atoms with Gasteiger partial charge in [0.25, 0.3) is 0 Å². The standard InChI is InChI=1S/C15H20FNO/c1-2-11-17-14(18)15(9-5-6-10-15)12-7-3-4-8-13(12)16/h3-4,7-8H,2,5-6,9-11H2,1H3,(H,17,18). The van der Waals surface area contributed by atoms with Gasteiger partial charge in [-0.25, -0.2) is 4.39 Å². The molecule has 98 valence electrons. The Labute approximate surface area is 108 Å². The average molecular weight is 249 g/mol. The van der Waals surface area contributed by atoms with Gasteiger partial charge in [-0.05, 0) is 25.3 Å². The Morgan fingerprint density at radius 3 is 2.61 bits per heavy atom. The second kappa shape index (κ2) is 5.51. The molecule has 0 atom stereocenters. The Kier molecular flexibility index (Phi) is 4.00. The first-order valence-electron chi connectivity index (χ1n) is 6.74. The SMILES string of the molecule is CCCNC(=O)C1(c2ccccc2F)CCCC1. The number of hydrogen-bond acceptors (Lipinski definition) is 1. The van der Waals surface area contributed by atoms with Crippen LogP contribution >= 0.6 is 0 Å². The molecule has 0 bridgehead atoms. The van der Waals surface area contributed by atoms with Crippen molar-refractivity contribution >= 4 is 5.91 Å². The maximum absolute atomic E-state index is 14.0. The molecular formula is C15H20FNO. The molecule has 0 aliphatic heterocycles. The number of carbonyl (C=O) groups excluding carboxylic acids is 1. The fraction of sp³-hybridized carbons (Fsp3) is 0.533. The van der Waals surface area contributed by atoms with Crippen molar-refractivity contribution in [2.45, 2.75) is 44.4 Å². The van der Waals surface area contributed by atoms with Crippen LogP contribution in [0, 0.1) is 5.82 Å². The van der Waals surface area contributed by atoms with Crippen LogP contribution in [0.2, 0.25) is 0 Å². The van der Waals surface area contributed by atoms with E-state index in [-0.39, 0.29) is 11.7 Å². The molecule has 2 nitrogen and oxygen atoms in total. The summed E-state index contributed by atoms with van der Waals surface area (Å²) in [6.45, 7) is 2.68. The van der Waals surface area contributed by atoms with Crippen molar-refractivity contribution in [1.82, 2.24) is 5.32 Å². The van der Waals surface area contributed by atoms with E-state index in [4.69, 9.17) is 0 Å². The number of rotatable bonds is 4. The van der Waals surface area contributed by atoms with E-state index < -0.39 is 5.41 Å². The summed E-state index contributed by atoms with van der Waals surface area (Å²) in [5.74, 6) is -0.266. The zero-order chi connectivity index (χ0) is 13.0. The van der Waals surface area contributed by atoms with Gasteiger partial charge in [0.1, 0.15) is 5.82 Å². The highest BCUT2D eigenvalue weighted by Gasteiger charge is 2.43. The molecule has 0 heterocycles. The first-order valence-corrected chi connectivity index (χ1v) is 6.74. The molecule has 0 aromatic heterocycles. The van der Waals surface area contributed by atoms with Gasteiger partial charge in [-0.15, -0.1) is 0 Å². The minimum absolute atomic E-state index is 0.00745.